The SMILES string of the molecule is COc1ncnc(C2CC2)c1-c1cc2c(C(O)c3ccc(-c4nc(C(F)(F)F)cn4C)cc3)cn(COCC[Si](C)(C)C)c2cn1. The summed E-state index contributed by atoms with van der Waals surface area (Å²) in [6.07, 6.45) is 2.61. The van der Waals surface area contributed by atoms with Crippen molar-refractivity contribution in [1.82, 2.24) is 29.1 Å². The number of pyridine rings is 1. The Morgan fingerprint density at radius 2 is 1.80 bits per heavy atom. The van der Waals surface area contributed by atoms with Crippen molar-refractivity contribution in [3.8, 4) is 28.5 Å². The lowest BCUT2D eigenvalue weighted by Gasteiger charge is -2.16. The van der Waals surface area contributed by atoms with Gasteiger partial charge in [0.15, 0.2) is 5.69 Å². The Labute approximate surface area is 266 Å². The Morgan fingerprint density at radius 1 is 1.07 bits per heavy atom. The molecule has 9 nitrogen and oxygen atoms in total. The lowest BCUT2D eigenvalue weighted by molar-refractivity contribution is -0.140. The van der Waals surface area contributed by atoms with Crippen LogP contribution in [-0.4, -0.2) is 56.0 Å². The number of ether oxygens (including phenoxy) is 2. The number of aromatic nitrogens is 6. The van der Waals surface area contributed by atoms with E-state index in [9.17, 15) is 18.3 Å². The Balaban J connectivity index is 1.38. The van der Waals surface area contributed by atoms with Gasteiger partial charge in [-0.25, -0.2) is 15.0 Å². The molecular formula is C33H37F3N6O3Si. The predicted molar refractivity (Wildman–Crippen MR) is 171 cm³/mol. The average Bonchev–Trinajstić information content (AvgIpc) is 3.69. The van der Waals surface area contributed by atoms with Crippen molar-refractivity contribution in [2.75, 3.05) is 13.7 Å². The minimum absolute atomic E-state index is 0.182. The number of rotatable bonds is 11. The van der Waals surface area contributed by atoms with Gasteiger partial charge < -0.3 is 23.7 Å². The molecule has 1 atom stereocenters. The Kier molecular flexibility index (Phi) is 8.50. The van der Waals surface area contributed by atoms with E-state index in [0.717, 1.165) is 47.2 Å². The molecule has 13 heteroatoms. The zero-order valence-electron chi connectivity index (χ0n) is 26.5. The highest BCUT2D eigenvalue weighted by atomic mass is 28.3. The quantitative estimate of drug-likeness (QED) is 0.119. The second-order valence-electron chi connectivity index (χ2n) is 13.0. The highest BCUT2D eigenvalue weighted by Gasteiger charge is 2.35. The summed E-state index contributed by atoms with van der Waals surface area (Å²) in [6, 6.07) is 9.70. The van der Waals surface area contributed by atoms with Gasteiger partial charge in [0.1, 0.15) is 25.0 Å². The summed E-state index contributed by atoms with van der Waals surface area (Å²) in [4.78, 5) is 17.5. The van der Waals surface area contributed by atoms with Gasteiger partial charge in [0.2, 0.25) is 5.88 Å². The molecule has 1 fully saturated rings. The third kappa shape index (κ3) is 6.57. The molecule has 1 N–H and O–H groups in total. The third-order valence-corrected chi connectivity index (χ3v) is 9.93. The maximum Gasteiger partial charge on any atom is 0.434 e. The number of fused-ring (bicyclic) bond motifs is 1. The second-order valence-corrected chi connectivity index (χ2v) is 18.6. The number of nitrogens with zero attached hydrogens (tertiary/aromatic N) is 6. The maximum absolute atomic E-state index is 13.2. The van der Waals surface area contributed by atoms with Crippen molar-refractivity contribution >= 4 is 19.0 Å². The lowest BCUT2D eigenvalue weighted by Crippen LogP contribution is -2.21. The smallest absolute Gasteiger partial charge is 0.434 e. The monoisotopic (exact) mass is 650 g/mol. The van der Waals surface area contributed by atoms with Crippen LogP contribution < -0.4 is 4.74 Å². The summed E-state index contributed by atoms with van der Waals surface area (Å²) >= 11 is 0. The first kappa shape index (κ1) is 31.9. The highest BCUT2D eigenvalue weighted by Crippen LogP contribution is 2.46. The molecule has 1 saturated carbocycles. The molecule has 1 aromatic carbocycles. The van der Waals surface area contributed by atoms with Crippen LogP contribution in [0.2, 0.25) is 25.7 Å². The molecule has 1 aliphatic carbocycles. The van der Waals surface area contributed by atoms with Crippen LogP contribution in [0.15, 0.2) is 55.2 Å². The number of benzene rings is 1. The number of aliphatic hydroxyl groups is 1. The summed E-state index contributed by atoms with van der Waals surface area (Å²) < 4.78 is 54.7. The van der Waals surface area contributed by atoms with Crippen molar-refractivity contribution < 1.29 is 27.8 Å². The molecule has 1 unspecified atom stereocenters. The fraction of sp³-hybridized carbons (Fsp3) is 0.394. The number of hydrogen-bond acceptors (Lipinski definition) is 7. The van der Waals surface area contributed by atoms with E-state index in [2.05, 4.69) is 34.6 Å². The normalized spacial score (nSPS) is 14.6. The summed E-state index contributed by atoms with van der Waals surface area (Å²) in [5.74, 6) is 0.948. The molecular weight excluding hydrogens is 613 g/mol. The number of imidazole rings is 1. The van der Waals surface area contributed by atoms with Crippen molar-refractivity contribution in [3.63, 3.8) is 0 Å². The average molecular weight is 651 g/mol. The fourth-order valence-electron chi connectivity index (χ4n) is 5.53. The molecule has 0 saturated heterocycles. The van der Waals surface area contributed by atoms with Crippen LogP contribution in [0, 0.1) is 0 Å². The number of alkyl halides is 3. The molecule has 4 heterocycles. The highest BCUT2D eigenvalue weighted by molar-refractivity contribution is 6.76. The largest absolute Gasteiger partial charge is 0.480 e. The van der Waals surface area contributed by atoms with E-state index >= 15 is 0 Å². The zero-order chi connectivity index (χ0) is 32.8. The van der Waals surface area contributed by atoms with E-state index in [0.29, 0.717) is 47.5 Å². The number of methoxy groups -OCH3 is 1. The Bertz CT molecular complexity index is 1860. The number of aliphatic hydroxyl groups excluding tert-OH is 1. The Morgan fingerprint density at radius 3 is 2.43 bits per heavy atom. The number of halogens is 3. The van der Waals surface area contributed by atoms with Crippen molar-refractivity contribution in [2.24, 2.45) is 7.05 Å². The van der Waals surface area contributed by atoms with Gasteiger partial charge in [0, 0.05) is 56.6 Å². The molecule has 0 radical (unpaired) electrons. The number of hydrogen-bond donors (Lipinski definition) is 1. The van der Waals surface area contributed by atoms with E-state index in [1.54, 1.807) is 37.6 Å². The first-order valence-electron chi connectivity index (χ1n) is 15.2. The summed E-state index contributed by atoms with van der Waals surface area (Å²) in [5.41, 5.74) is 3.83. The topological polar surface area (TPSA) is 100 Å². The second kappa shape index (κ2) is 12.3. The van der Waals surface area contributed by atoms with Crippen molar-refractivity contribution in [1.29, 1.82) is 0 Å². The van der Waals surface area contributed by atoms with Gasteiger partial charge in [-0.05, 0) is 30.5 Å². The van der Waals surface area contributed by atoms with Crippen molar-refractivity contribution in [3.05, 3.63) is 77.8 Å². The molecule has 46 heavy (non-hydrogen) atoms. The third-order valence-electron chi connectivity index (χ3n) is 8.23. The first-order chi connectivity index (χ1) is 21.8. The molecule has 242 valence electrons. The minimum atomic E-state index is -4.54. The van der Waals surface area contributed by atoms with Crippen LogP contribution in [0.4, 0.5) is 13.2 Å². The van der Waals surface area contributed by atoms with Crippen LogP contribution in [0.5, 0.6) is 5.88 Å². The summed E-state index contributed by atoms with van der Waals surface area (Å²) in [6.45, 7) is 7.82. The molecule has 0 amide bonds. The molecule has 0 aliphatic heterocycles. The minimum Gasteiger partial charge on any atom is -0.480 e. The van der Waals surface area contributed by atoms with Crippen LogP contribution >= 0.6 is 0 Å². The Hall–Kier alpha value is -4.07. The van der Waals surface area contributed by atoms with Crippen molar-refractivity contribution in [2.45, 2.75) is 63.5 Å². The van der Waals surface area contributed by atoms with Crippen LogP contribution in [0.3, 0.4) is 0 Å². The van der Waals surface area contributed by atoms with Crippen LogP contribution in [0.25, 0.3) is 33.5 Å². The van der Waals surface area contributed by atoms with Gasteiger partial charge in [-0.2, -0.15) is 13.2 Å². The van der Waals surface area contributed by atoms with Gasteiger partial charge in [-0.1, -0.05) is 43.9 Å². The van der Waals surface area contributed by atoms with Gasteiger partial charge >= 0.3 is 6.18 Å². The zero-order valence-corrected chi connectivity index (χ0v) is 27.5. The predicted octanol–water partition coefficient (Wildman–Crippen LogP) is 7.19. The molecule has 4 aromatic heterocycles. The molecule has 1 aliphatic rings. The first-order valence-corrected chi connectivity index (χ1v) is 18.9. The van der Waals surface area contributed by atoms with E-state index in [4.69, 9.17) is 14.5 Å². The summed E-state index contributed by atoms with van der Waals surface area (Å²) in [5, 5.41) is 12.5. The van der Waals surface area contributed by atoms with E-state index in [-0.39, 0.29) is 5.82 Å². The van der Waals surface area contributed by atoms with Gasteiger partial charge in [0.25, 0.3) is 0 Å². The van der Waals surface area contributed by atoms with Gasteiger partial charge in [-0.15, -0.1) is 0 Å². The molecule has 0 bridgehead atoms. The van der Waals surface area contributed by atoms with E-state index in [1.807, 2.05) is 16.8 Å². The van der Waals surface area contributed by atoms with Crippen LogP contribution in [-0.2, 0) is 24.7 Å². The summed E-state index contributed by atoms with van der Waals surface area (Å²) in [7, 11) is 1.81. The molecule has 5 aromatic rings. The van der Waals surface area contributed by atoms with Gasteiger partial charge in [-0.3, -0.25) is 4.98 Å². The lowest BCUT2D eigenvalue weighted by atomic mass is 9.98. The molecule has 6 rings (SSSR count). The fourth-order valence-corrected chi connectivity index (χ4v) is 6.28. The van der Waals surface area contributed by atoms with Crippen LogP contribution in [0.1, 0.15) is 47.4 Å². The van der Waals surface area contributed by atoms with E-state index in [1.165, 1.54) is 17.9 Å². The van der Waals surface area contributed by atoms with E-state index < -0.39 is 26.0 Å². The number of aryl methyl sites for hydroxylation is 1. The maximum atomic E-state index is 13.2. The van der Waals surface area contributed by atoms with Gasteiger partial charge in [0.05, 0.1) is 35.8 Å². The molecule has 0 spiro atoms. The standard InChI is InChI=1S/C33H37F3N6O3Si/c1-41-17-27(33(34,35)36)40-31(41)22-10-8-21(9-11-22)30(43)24-16-42(19-45-12-13-46(3,4)5)26-15-37-25(14-23(24)26)28-29(20-6-7-20)38-18-39-32(28)44-2/h8-11,14-18,20,30,43H,6-7,12-13,19H2,1-5H3.